The van der Waals surface area contributed by atoms with Crippen molar-refractivity contribution >= 4 is 17.8 Å². The second kappa shape index (κ2) is 5.97. The summed E-state index contributed by atoms with van der Waals surface area (Å²) < 4.78 is 0. The summed E-state index contributed by atoms with van der Waals surface area (Å²) >= 11 is 0. The third-order valence-corrected chi connectivity index (χ3v) is 1.72. The average Bonchev–Trinajstić information content (AvgIpc) is 2.10. The number of rotatable bonds is 6. The lowest BCUT2D eigenvalue weighted by molar-refractivity contribution is -0.137. The molecule has 0 aromatic heterocycles. The topological polar surface area (TPSA) is 136 Å². The van der Waals surface area contributed by atoms with Crippen LogP contribution in [0.3, 0.4) is 0 Å². The highest BCUT2D eigenvalue weighted by Crippen LogP contribution is 1.97. The van der Waals surface area contributed by atoms with Gasteiger partial charge in [0.25, 0.3) is 0 Å². The fourth-order valence-electron chi connectivity index (χ4n) is 0.857. The monoisotopic (exact) mass is 217 g/mol. The minimum Gasteiger partial charge on any atom is -0.481 e. The molecule has 2 atom stereocenters. The van der Waals surface area contributed by atoms with Gasteiger partial charge < -0.3 is 21.9 Å². The Morgan fingerprint density at radius 3 is 2.27 bits per heavy atom. The summed E-state index contributed by atoms with van der Waals surface area (Å²) in [7, 11) is 0. The van der Waals surface area contributed by atoms with Crippen LogP contribution >= 0.6 is 0 Å². The smallest absolute Gasteiger partial charge is 0.303 e. The Morgan fingerprint density at radius 1 is 1.40 bits per heavy atom. The number of hydrogen-bond donors (Lipinski definition) is 4. The van der Waals surface area contributed by atoms with E-state index in [0.717, 1.165) is 0 Å². The van der Waals surface area contributed by atoms with Crippen LogP contribution < -0.4 is 16.8 Å². The summed E-state index contributed by atoms with van der Waals surface area (Å²) in [5.41, 5.74) is 10.2. The Kier molecular flexibility index (Phi) is 5.32. The highest BCUT2D eigenvalue weighted by atomic mass is 16.4. The van der Waals surface area contributed by atoms with Crippen LogP contribution in [0.25, 0.3) is 0 Å². The van der Waals surface area contributed by atoms with Gasteiger partial charge in [0.1, 0.15) is 6.04 Å². The number of carbonyl (C=O) groups is 3. The number of carboxylic acid groups (broad SMARTS) is 1. The molecule has 0 rings (SSSR count). The normalized spacial score (nSPS) is 14.0. The number of nitrogens with two attached hydrogens (primary N) is 2. The fourth-order valence-corrected chi connectivity index (χ4v) is 0.857. The van der Waals surface area contributed by atoms with Gasteiger partial charge in [0.05, 0.1) is 6.04 Å². The van der Waals surface area contributed by atoms with E-state index in [9.17, 15) is 14.4 Å². The molecule has 15 heavy (non-hydrogen) atoms. The Balaban J connectivity index is 4.22. The van der Waals surface area contributed by atoms with Crippen LogP contribution in [-0.4, -0.2) is 35.0 Å². The number of carbonyl (C=O) groups excluding carboxylic acids is 2. The number of carboxylic acids is 1. The molecule has 0 aliphatic rings. The third kappa shape index (κ3) is 5.63. The van der Waals surface area contributed by atoms with E-state index >= 15 is 0 Å². The van der Waals surface area contributed by atoms with Crippen molar-refractivity contribution in [3.05, 3.63) is 0 Å². The van der Waals surface area contributed by atoms with Gasteiger partial charge in [-0.25, -0.2) is 0 Å². The maximum atomic E-state index is 11.1. The summed E-state index contributed by atoms with van der Waals surface area (Å²) in [6.07, 6.45) is -0.282. The largest absolute Gasteiger partial charge is 0.481 e. The van der Waals surface area contributed by atoms with Gasteiger partial charge in [-0.3, -0.25) is 14.4 Å². The molecule has 6 N–H and O–H groups in total. The number of aliphatic carboxylic acids is 1. The first-order valence-electron chi connectivity index (χ1n) is 4.41. The quantitative estimate of drug-likeness (QED) is 0.415. The zero-order valence-corrected chi connectivity index (χ0v) is 8.40. The van der Waals surface area contributed by atoms with E-state index in [2.05, 4.69) is 5.32 Å². The molecule has 0 spiro atoms. The van der Waals surface area contributed by atoms with Gasteiger partial charge in [-0.2, -0.15) is 0 Å². The van der Waals surface area contributed by atoms with Crippen molar-refractivity contribution in [3.63, 3.8) is 0 Å². The SMILES string of the molecule is C[C@@H](N)C(=O)N[C@H](CCC(=O)O)C(N)=O. The maximum absolute atomic E-state index is 11.1. The molecule has 0 unspecified atom stereocenters. The minimum atomic E-state index is -1.06. The molecule has 0 aliphatic carbocycles. The molecule has 0 radical (unpaired) electrons. The zero-order chi connectivity index (χ0) is 12.0. The highest BCUT2D eigenvalue weighted by Gasteiger charge is 2.20. The second-order valence-electron chi connectivity index (χ2n) is 3.18. The second-order valence-corrected chi connectivity index (χ2v) is 3.18. The fraction of sp³-hybridized carbons (Fsp3) is 0.625. The Hall–Kier alpha value is -1.63. The van der Waals surface area contributed by atoms with Crippen molar-refractivity contribution in [1.29, 1.82) is 0 Å². The third-order valence-electron chi connectivity index (χ3n) is 1.72. The zero-order valence-electron chi connectivity index (χ0n) is 8.40. The number of nitrogens with one attached hydrogen (secondary N) is 1. The number of amides is 2. The summed E-state index contributed by atoms with van der Waals surface area (Å²) in [5, 5.41) is 10.7. The van der Waals surface area contributed by atoms with Gasteiger partial charge in [-0.15, -0.1) is 0 Å². The molecular formula is C8H15N3O4. The van der Waals surface area contributed by atoms with Crippen molar-refractivity contribution in [1.82, 2.24) is 5.32 Å². The predicted molar refractivity (Wildman–Crippen MR) is 51.6 cm³/mol. The van der Waals surface area contributed by atoms with E-state index in [0.29, 0.717) is 0 Å². The standard InChI is InChI=1S/C8H15N3O4/c1-4(9)8(15)11-5(7(10)14)2-3-6(12)13/h4-5H,2-3,9H2,1H3,(H2,10,14)(H,11,15)(H,12,13)/t4-,5-/m1/s1. The molecule has 0 heterocycles. The van der Waals surface area contributed by atoms with Crippen LogP contribution in [0.5, 0.6) is 0 Å². The van der Waals surface area contributed by atoms with Crippen LogP contribution in [0.2, 0.25) is 0 Å². The van der Waals surface area contributed by atoms with Gasteiger partial charge in [-0.05, 0) is 13.3 Å². The summed E-state index contributed by atoms with van der Waals surface area (Å²) in [6, 6.07) is -1.75. The summed E-state index contributed by atoms with van der Waals surface area (Å²) in [4.78, 5) is 32.2. The molecule has 86 valence electrons. The average molecular weight is 217 g/mol. The van der Waals surface area contributed by atoms with Crippen molar-refractivity contribution in [2.45, 2.75) is 31.8 Å². The lowest BCUT2D eigenvalue weighted by Gasteiger charge is -2.15. The van der Waals surface area contributed by atoms with Crippen molar-refractivity contribution in [2.24, 2.45) is 11.5 Å². The molecule has 0 aromatic carbocycles. The van der Waals surface area contributed by atoms with Crippen LogP contribution in [-0.2, 0) is 14.4 Å². The van der Waals surface area contributed by atoms with Crippen molar-refractivity contribution in [3.8, 4) is 0 Å². The van der Waals surface area contributed by atoms with Crippen LogP contribution in [0.4, 0.5) is 0 Å². The van der Waals surface area contributed by atoms with Gasteiger partial charge >= 0.3 is 5.97 Å². The number of hydrogen-bond acceptors (Lipinski definition) is 4. The van der Waals surface area contributed by atoms with E-state index < -0.39 is 29.9 Å². The molecule has 2 amide bonds. The summed E-state index contributed by atoms with van der Waals surface area (Å²) in [5.74, 6) is -2.37. The maximum Gasteiger partial charge on any atom is 0.303 e. The number of primary amides is 1. The predicted octanol–water partition coefficient (Wildman–Crippen LogP) is -1.83. The Bertz CT molecular complexity index is 265. The molecule has 0 fully saturated rings. The molecule has 0 aliphatic heterocycles. The first-order chi connectivity index (χ1) is 6.84. The lowest BCUT2D eigenvalue weighted by Crippen LogP contribution is -2.49. The molecule has 0 bridgehead atoms. The van der Waals surface area contributed by atoms with Gasteiger partial charge in [0.15, 0.2) is 0 Å². The summed E-state index contributed by atoms with van der Waals surface area (Å²) in [6.45, 7) is 1.45. The van der Waals surface area contributed by atoms with Gasteiger partial charge in [0.2, 0.25) is 11.8 Å². The van der Waals surface area contributed by atoms with Crippen LogP contribution in [0.1, 0.15) is 19.8 Å². The van der Waals surface area contributed by atoms with Gasteiger partial charge in [-0.1, -0.05) is 0 Å². The van der Waals surface area contributed by atoms with Crippen molar-refractivity contribution in [2.75, 3.05) is 0 Å². The first-order valence-corrected chi connectivity index (χ1v) is 4.41. The van der Waals surface area contributed by atoms with E-state index in [4.69, 9.17) is 16.6 Å². The van der Waals surface area contributed by atoms with Gasteiger partial charge in [0, 0.05) is 6.42 Å². The Labute approximate surface area is 86.8 Å². The van der Waals surface area contributed by atoms with E-state index in [1.165, 1.54) is 6.92 Å². The molecule has 0 aromatic rings. The van der Waals surface area contributed by atoms with E-state index in [-0.39, 0.29) is 12.8 Å². The molecular weight excluding hydrogens is 202 g/mol. The lowest BCUT2D eigenvalue weighted by atomic mass is 10.1. The van der Waals surface area contributed by atoms with E-state index in [1.807, 2.05) is 0 Å². The highest BCUT2D eigenvalue weighted by molar-refractivity contribution is 5.88. The van der Waals surface area contributed by atoms with Crippen molar-refractivity contribution < 1.29 is 19.5 Å². The molecule has 0 saturated carbocycles. The van der Waals surface area contributed by atoms with Crippen LogP contribution in [0.15, 0.2) is 0 Å². The molecule has 0 saturated heterocycles. The van der Waals surface area contributed by atoms with E-state index in [1.54, 1.807) is 0 Å². The molecule has 7 nitrogen and oxygen atoms in total. The van der Waals surface area contributed by atoms with Crippen LogP contribution in [0, 0.1) is 0 Å². The minimum absolute atomic E-state index is 0.0386. The first kappa shape index (κ1) is 13.4. The Morgan fingerprint density at radius 2 is 1.93 bits per heavy atom. The molecule has 7 heteroatoms.